The molecule has 0 aliphatic rings. The minimum Gasteiger partial charge on any atom is -0.481 e. The number of carboxylic acids is 1. The number of ether oxygens (including phenoxy) is 1. The van der Waals surface area contributed by atoms with Gasteiger partial charge in [-0.05, 0) is 33.4 Å². The van der Waals surface area contributed by atoms with Crippen LogP contribution in [0.3, 0.4) is 0 Å². The van der Waals surface area contributed by atoms with E-state index in [1.54, 1.807) is 0 Å². The summed E-state index contributed by atoms with van der Waals surface area (Å²) in [5.41, 5.74) is 1.78. The number of hydrogen-bond acceptors (Lipinski definition) is 3. The van der Waals surface area contributed by atoms with Crippen molar-refractivity contribution in [3.8, 4) is 0 Å². The number of carbonyl (C=O) groups is 2. The van der Waals surface area contributed by atoms with E-state index in [2.05, 4.69) is 33.0 Å². The zero-order valence-corrected chi connectivity index (χ0v) is 19.4. The van der Waals surface area contributed by atoms with Crippen molar-refractivity contribution in [3.63, 3.8) is 0 Å². The number of nitrogens with one attached hydrogen (secondary N) is 1. The van der Waals surface area contributed by atoms with E-state index in [0.717, 1.165) is 16.7 Å². The van der Waals surface area contributed by atoms with E-state index >= 15 is 0 Å². The van der Waals surface area contributed by atoms with Gasteiger partial charge in [0.15, 0.2) is 0 Å². The molecule has 2 aromatic rings. The van der Waals surface area contributed by atoms with Crippen molar-refractivity contribution in [1.82, 2.24) is 5.32 Å². The molecule has 0 saturated carbocycles. The Morgan fingerprint density at radius 1 is 0.968 bits per heavy atom. The first kappa shape index (κ1) is 24.4. The Morgan fingerprint density at radius 2 is 1.55 bits per heavy atom. The first-order chi connectivity index (χ1) is 14.5. The molecule has 2 rings (SSSR count). The number of carbonyl (C=O) groups excluding carboxylic acids is 1. The maximum absolute atomic E-state index is 12.4. The van der Waals surface area contributed by atoms with Gasteiger partial charge in [-0.3, -0.25) is 4.79 Å². The Kier molecular flexibility index (Phi) is 7.88. The van der Waals surface area contributed by atoms with Crippen LogP contribution in [0.5, 0.6) is 0 Å². The lowest BCUT2D eigenvalue weighted by Crippen LogP contribution is -2.41. The van der Waals surface area contributed by atoms with Crippen molar-refractivity contribution in [2.45, 2.75) is 59.5 Å². The van der Waals surface area contributed by atoms with Crippen molar-refractivity contribution in [3.05, 3.63) is 71.3 Å². The summed E-state index contributed by atoms with van der Waals surface area (Å²) in [6, 6.07) is 17.2. The van der Waals surface area contributed by atoms with Crippen LogP contribution in [0.25, 0.3) is 0 Å². The molecular formula is C26H35NO4. The van der Waals surface area contributed by atoms with Crippen LogP contribution in [0.2, 0.25) is 0 Å². The maximum atomic E-state index is 12.4. The van der Waals surface area contributed by atoms with Crippen molar-refractivity contribution >= 4 is 12.1 Å². The molecule has 0 radical (unpaired) electrons. The van der Waals surface area contributed by atoms with Crippen molar-refractivity contribution in [2.24, 2.45) is 11.3 Å². The largest absolute Gasteiger partial charge is 0.481 e. The Morgan fingerprint density at radius 3 is 2.13 bits per heavy atom. The molecule has 2 N–H and O–H groups in total. The first-order valence-electron chi connectivity index (χ1n) is 10.7. The van der Waals surface area contributed by atoms with Gasteiger partial charge in [-0.15, -0.1) is 0 Å². The molecule has 5 nitrogen and oxygen atoms in total. The molecule has 31 heavy (non-hydrogen) atoms. The van der Waals surface area contributed by atoms with Gasteiger partial charge >= 0.3 is 12.1 Å². The highest BCUT2D eigenvalue weighted by Gasteiger charge is 2.40. The lowest BCUT2D eigenvalue weighted by Gasteiger charge is -2.38. The minimum atomic E-state index is -0.906. The van der Waals surface area contributed by atoms with Gasteiger partial charge in [0, 0.05) is 6.54 Å². The summed E-state index contributed by atoms with van der Waals surface area (Å²) in [5, 5.41) is 12.9. The second-order valence-corrected chi connectivity index (χ2v) is 9.64. The van der Waals surface area contributed by atoms with Gasteiger partial charge in [0.05, 0.1) is 5.92 Å². The SMILES string of the molecule is CC(C)C(C)(C)c1ccccc1C(C(=O)O)C(C)(C)CNC(=O)OCc1ccccc1. The molecular weight excluding hydrogens is 390 g/mol. The van der Waals surface area contributed by atoms with Crippen LogP contribution in [0.4, 0.5) is 4.79 Å². The topological polar surface area (TPSA) is 75.6 Å². The van der Waals surface area contributed by atoms with Crippen LogP contribution in [0.1, 0.15) is 64.2 Å². The number of carboxylic acid groups (broad SMARTS) is 1. The van der Waals surface area contributed by atoms with E-state index in [0.29, 0.717) is 5.92 Å². The summed E-state index contributed by atoms with van der Waals surface area (Å²) in [6.07, 6.45) is -0.558. The maximum Gasteiger partial charge on any atom is 0.407 e. The molecule has 0 saturated heterocycles. The molecule has 0 heterocycles. The number of aliphatic carboxylic acids is 1. The third-order valence-electron chi connectivity index (χ3n) is 6.34. The summed E-state index contributed by atoms with van der Waals surface area (Å²) < 4.78 is 5.28. The summed E-state index contributed by atoms with van der Waals surface area (Å²) in [4.78, 5) is 24.6. The fourth-order valence-corrected chi connectivity index (χ4v) is 3.71. The number of amides is 1. The summed E-state index contributed by atoms with van der Waals surface area (Å²) in [5.74, 6) is -1.36. The average Bonchev–Trinajstić information content (AvgIpc) is 2.71. The lowest BCUT2D eigenvalue weighted by atomic mass is 9.67. The summed E-state index contributed by atoms with van der Waals surface area (Å²) in [7, 11) is 0. The highest BCUT2D eigenvalue weighted by atomic mass is 16.5. The molecule has 168 valence electrons. The summed E-state index contributed by atoms with van der Waals surface area (Å²) in [6.45, 7) is 12.6. The molecule has 2 aromatic carbocycles. The van der Waals surface area contributed by atoms with Gasteiger partial charge in [0.1, 0.15) is 6.61 Å². The third-order valence-corrected chi connectivity index (χ3v) is 6.34. The smallest absolute Gasteiger partial charge is 0.407 e. The van der Waals surface area contributed by atoms with Gasteiger partial charge < -0.3 is 15.2 Å². The molecule has 1 unspecified atom stereocenters. The zero-order valence-electron chi connectivity index (χ0n) is 19.4. The Labute approximate surface area is 185 Å². The molecule has 0 spiro atoms. The van der Waals surface area contributed by atoms with E-state index in [9.17, 15) is 14.7 Å². The minimum absolute atomic E-state index is 0.168. The molecule has 0 bridgehead atoms. The van der Waals surface area contributed by atoms with Crippen LogP contribution in [0.15, 0.2) is 54.6 Å². The molecule has 0 aromatic heterocycles. The van der Waals surface area contributed by atoms with Crippen LogP contribution in [0, 0.1) is 11.3 Å². The highest BCUT2D eigenvalue weighted by molar-refractivity contribution is 5.78. The zero-order chi connectivity index (χ0) is 23.2. The van der Waals surface area contributed by atoms with Crippen molar-refractivity contribution in [2.75, 3.05) is 6.54 Å². The predicted octanol–water partition coefficient (Wildman–Crippen LogP) is 5.74. The monoisotopic (exact) mass is 425 g/mol. The second kappa shape index (κ2) is 9.99. The van der Waals surface area contributed by atoms with E-state index in [1.807, 2.05) is 68.4 Å². The Balaban J connectivity index is 2.19. The molecule has 1 atom stereocenters. The molecule has 0 aliphatic carbocycles. The normalized spacial score (nSPS) is 13.0. The highest BCUT2D eigenvalue weighted by Crippen LogP contribution is 2.42. The molecule has 1 amide bonds. The molecule has 0 fully saturated rings. The number of alkyl carbamates (subject to hydrolysis) is 1. The number of benzene rings is 2. The predicted molar refractivity (Wildman–Crippen MR) is 123 cm³/mol. The average molecular weight is 426 g/mol. The standard InChI is InChI=1S/C26H35NO4/c1-18(2)26(5,6)21-15-11-10-14-20(21)22(23(28)29)25(3,4)17-27-24(30)31-16-19-12-8-7-9-13-19/h7-15,18,22H,16-17H2,1-6H3,(H,27,30)(H,28,29). The number of hydrogen-bond donors (Lipinski definition) is 2. The Hall–Kier alpha value is -2.82. The molecule has 5 heteroatoms. The van der Waals surface area contributed by atoms with E-state index in [4.69, 9.17) is 4.74 Å². The number of rotatable bonds is 9. The first-order valence-corrected chi connectivity index (χ1v) is 10.7. The van der Waals surface area contributed by atoms with E-state index < -0.39 is 23.4 Å². The van der Waals surface area contributed by atoms with Crippen LogP contribution < -0.4 is 5.32 Å². The van der Waals surface area contributed by atoms with E-state index in [1.165, 1.54) is 0 Å². The van der Waals surface area contributed by atoms with Gasteiger partial charge in [0.2, 0.25) is 0 Å². The van der Waals surface area contributed by atoms with Gasteiger partial charge in [-0.2, -0.15) is 0 Å². The van der Waals surface area contributed by atoms with Crippen LogP contribution >= 0.6 is 0 Å². The van der Waals surface area contributed by atoms with Crippen molar-refractivity contribution in [1.29, 1.82) is 0 Å². The molecule has 0 aliphatic heterocycles. The lowest BCUT2D eigenvalue weighted by molar-refractivity contribution is -0.141. The van der Waals surface area contributed by atoms with Crippen LogP contribution in [-0.2, 0) is 21.6 Å². The van der Waals surface area contributed by atoms with Gasteiger partial charge in [0.25, 0.3) is 0 Å². The third kappa shape index (κ3) is 6.09. The second-order valence-electron chi connectivity index (χ2n) is 9.64. The fourth-order valence-electron chi connectivity index (χ4n) is 3.71. The Bertz CT molecular complexity index is 887. The quantitative estimate of drug-likeness (QED) is 0.537. The van der Waals surface area contributed by atoms with Gasteiger partial charge in [-0.1, -0.05) is 96.1 Å². The van der Waals surface area contributed by atoms with Crippen LogP contribution in [-0.4, -0.2) is 23.7 Å². The summed E-state index contributed by atoms with van der Waals surface area (Å²) >= 11 is 0. The van der Waals surface area contributed by atoms with Crippen molar-refractivity contribution < 1.29 is 19.4 Å². The fraction of sp³-hybridized carbons (Fsp3) is 0.462. The van der Waals surface area contributed by atoms with E-state index in [-0.39, 0.29) is 18.6 Å². The van der Waals surface area contributed by atoms with Gasteiger partial charge in [-0.25, -0.2) is 4.79 Å².